The molecule has 5 nitrogen and oxygen atoms in total. The van der Waals surface area contributed by atoms with Crippen molar-refractivity contribution in [3.05, 3.63) is 52.0 Å². The monoisotopic (exact) mass is 319 g/mol. The molecule has 0 aliphatic rings. The fraction of sp³-hybridized carbons (Fsp3) is 0.0714. The molecule has 7 heteroatoms. The van der Waals surface area contributed by atoms with Crippen LogP contribution >= 0.6 is 23.2 Å². The molecule has 0 amide bonds. The molecule has 1 aromatic heterocycles. The molecule has 1 heterocycles. The Hall–Kier alpha value is -2.11. The van der Waals surface area contributed by atoms with Crippen LogP contribution in [0.15, 0.2) is 36.4 Å². The van der Waals surface area contributed by atoms with Crippen LogP contribution in [0.1, 0.15) is 5.56 Å². The Morgan fingerprint density at radius 2 is 1.90 bits per heavy atom. The van der Waals surface area contributed by atoms with Crippen LogP contribution in [0.2, 0.25) is 10.0 Å². The van der Waals surface area contributed by atoms with E-state index in [0.29, 0.717) is 27.2 Å². The summed E-state index contributed by atoms with van der Waals surface area (Å²) in [5, 5.41) is 12.8. The number of nitrogens with zero attached hydrogens (tertiary/aromatic N) is 4. The van der Waals surface area contributed by atoms with E-state index in [9.17, 15) is 0 Å². The molecule has 2 N–H and O–H groups in total. The zero-order valence-electron chi connectivity index (χ0n) is 11.1. The standard InChI is InChI=1S/C14H11Cl2N5/c1-8-2-4-12(17)10(6-8)14-18-19-20-21(14)13-5-3-9(15)7-11(13)16/h2-7H,17H2,1H3. The molecule has 0 unspecified atom stereocenters. The van der Waals surface area contributed by atoms with Gasteiger partial charge in [0.15, 0.2) is 5.82 Å². The molecule has 3 aromatic rings. The number of anilines is 1. The maximum atomic E-state index is 6.22. The predicted molar refractivity (Wildman–Crippen MR) is 83.8 cm³/mol. The van der Waals surface area contributed by atoms with E-state index in [4.69, 9.17) is 28.9 Å². The number of hydrogen-bond donors (Lipinski definition) is 1. The van der Waals surface area contributed by atoms with Crippen molar-refractivity contribution >= 4 is 28.9 Å². The van der Waals surface area contributed by atoms with Crippen LogP contribution in [-0.4, -0.2) is 20.2 Å². The van der Waals surface area contributed by atoms with E-state index >= 15 is 0 Å². The molecular formula is C14H11Cl2N5. The number of tetrazole rings is 1. The average molecular weight is 320 g/mol. The van der Waals surface area contributed by atoms with Crippen LogP contribution in [0.25, 0.3) is 17.1 Å². The van der Waals surface area contributed by atoms with Gasteiger partial charge in [-0.05, 0) is 47.7 Å². The summed E-state index contributed by atoms with van der Waals surface area (Å²) >= 11 is 12.1. The summed E-state index contributed by atoms with van der Waals surface area (Å²) in [7, 11) is 0. The summed E-state index contributed by atoms with van der Waals surface area (Å²) in [6.07, 6.45) is 0. The van der Waals surface area contributed by atoms with Gasteiger partial charge in [-0.2, -0.15) is 4.68 Å². The van der Waals surface area contributed by atoms with Gasteiger partial charge in [0.05, 0.1) is 10.7 Å². The third-order valence-electron chi connectivity index (χ3n) is 3.06. The highest BCUT2D eigenvalue weighted by Gasteiger charge is 2.15. The zero-order chi connectivity index (χ0) is 15.0. The Morgan fingerprint density at radius 1 is 1.10 bits per heavy atom. The normalized spacial score (nSPS) is 10.8. The van der Waals surface area contributed by atoms with Gasteiger partial charge in [0.1, 0.15) is 0 Å². The van der Waals surface area contributed by atoms with Crippen LogP contribution < -0.4 is 5.73 Å². The fourth-order valence-electron chi connectivity index (χ4n) is 2.03. The van der Waals surface area contributed by atoms with E-state index in [2.05, 4.69) is 15.5 Å². The number of nitrogens with two attached hydrogens (primary N) is 1. The molecule has 0 fully saturated rings. The van der Waals surface area contributed by atoms with E-state index in [0.717, 1.165) is 11.1 Å². The Labute approximate surface area is 131 Å². The Kier molecular flexibility index (Phi) is 3.53. The van der Waals surface area contributed by atoms with Crippen molar-refractivity contribution in [2.75, 3.05) is 5.73 Å². The number of rotatable bonds is 2. The van der Waals surface area contributed by atoms with Crippen molar-refractivity contribution in [1.29, 1.82) is 0 Å². The molecule has 0 aliphatic heterocycles. The summed E-state index contributed by atoms with van der Waals surface area (Å²) in [5.41, 5.74) is 9.09. The van der Waals surface area contributed by atoms with Gasteiger partial charge in [-0.15, -0.1) is 5.10 Å². The summed E-state index contributed by atoms with van der Waals surface area (Å²) in [6.45, 7) is 1.98. The quantitative estimate of drug-likeness (QED) is 0.733. The third-order valence-corrected chi connectivity index (χ3v) is 3.59. The van der Waals surface area contributed by atoms with Crippen LogP contribution in [0.3, 0.4) is 0 Å². The number of nitrogen functional groups attached to an aromatic ring is 1. The lowest BCUT2D eigenvalue weighted by molar-refractivity contribution is 0.791. The molecule has 0 aliphatic carbocycles. The molecule has 0 radical (unpaired) electrons. The third kappa shape index (κ3) is 2.57. The Balaban J connectivity index is 2.19. The van der Waals surface area contributed by atoms with Crippen molar-refractivity contribution in [2.45, 2.75) is 6.92 Å². The number of halogens is 2. The number of hydrogen-bond acceptors (Lipinski definition) is 4. The van der Waals surface area contributed by atoms with Crippen molar-refractivity contribution < 1.29 is 0 Å². The van der Waals surface area contributed by atoms with Crippen LogP contribution in [0.5, 0.6) is 0 Å². The Morgan fingerprint density at radius 3 is 2.67 bits per heavy atom. The molecule has 106 valence electrons. The fourth-order valence-corrected chi connectivity index (χ4v) is 2.52. The minimum absolute atomic E-state index is 0.460. The molecule has 0 saturated carbocycles. The Bertz CT molecular complexity index is 813. The molecule has 3 rings (SSSR count). The largest absolute Gasteiger partial charge is 0.398 e. The van der Waals surface area contributed by atoms with Gasteiger partial charge in [0.25, 0.3) is 0 Å². The molecular weight excluding hydrogens is 309 g/mol. The lowest BCUT2D eigenvalue weighted by atomic mass is 10.1. The average Bonchev–Trinajstić information content (AvgIpc) is 2.90. The van der Waals surface area contributed by atoms with Gasteiger partial charge in [-0.3, -0.25) is 0 Å². The van der Waals surface area contributed by atoms with Crippen molar-refractivity contribution in [3.8, 4) is 17.1 Å². The SMILES string of the molecule is Cc1ccc(N)c(-c2nnnn2-c2ccc(Cl)cc2Cl)c1. The second kappa shape index (κ2) is 5.35. The van der Waals surface area contributed by atoms with Gasteiger partial charge in [-0.25, -0.2) is 0 Å². The highest BCUT2D eigenvalue weighted by molar-refractivity contribution is 6.35. The molecule has 0 saturated heterocycles. The lowest BCUT2D eigenvalue weighted by Crippen LogP contribution is -2.02. The smallest absolute Gasteiger partial charge is 0.189 e. The number of aromatic nitrogens is 4. The molecule has 21 heavy (non-hydrogen) atoms. The van der Waals surface area contributed by atoms with Gasteiger partial charge in [0.2, 0.25) is 0 Å². The van der Waals surface area contributed by atoms with Crippen LogP contribution in [0.4, 0.5) is 5.69 Å². The first-order valence-electron chi connectivity index (χ1n) is 6.16. The maximum absolute atomic E-state index is 6.22. The summed E-state index contributed by atoms with van der Waals surface area (Å²) in [5.74, 6) is 0.528. The molecule has 0 atom stereocenters. The highest BCUT2D eigenvalue weighted by Crippen LogP contribution is 2.30. The summed E-state index contributed by atoms with van der Waals surface area (Å²) < 4.78 is 1.55. The van der Waals surface area contributed by atoms with E-state index in [1.807, 2.05) is 25.1 Å². The number of aryl methyl sites for hydroxylation is 1. The molecule has 0 spiro atoms. The maximum Gasteiger partial charge on any atom is 0.189 e. The molecule has 0 bridgehead atoms. The van der Waals surface area contributed by atoms with Crippen molar-refractivity contribution in [3.63, 3.8) is 0 Å². The minimum atomic E-state index is 0.460. The van der Waals surface area contributed by atoms with E-state index in [-0.39, 0.29) is 0 Å². The zero-order valence-corrected chi connectivity index (χ0v) is 12.6. The van der Waals surface area contributed by atoms with E-state index in [1.165, 1.54) is 0 Å². The van der Waals surface area contributed by atoms with Crippen molar-refractivity contribution in [1.82, 2.24) is 20.2 Å². The van der Waals surface area contributed by atoms with Gasteiger partial charge in [-0.1, -0.05) is 34.8 Å². The minimum Gasteiger partial charge on any atom is -0.398 e. The van der Waals surface area contributed by atoms with E-state index < -0.39 is 0 Å². The highest BCUT2D eigenvalue weighted by atomic mass is 35.5. The van der Waals surface area contributed by atoms with Gasteiger partial charge in [0, 0.05) is 16.3 Å². The first-order valence-corrected chi connectivity index (χ1v) is 6.92. The number of benzene rings is 2. The first kappa shape index (κ1) is 13.9. The molecule has 2 aromatic carbocycles. The van der Waals surface area contributed by atoms with Gasteiger partial charge < -0.3 is 5.73 Å². The predicted octanol–water partition coefficient (Wildman–Crippen LogP) is 3.53. The van der Waals surface area contributed by atoms with Crippen LogP contribution in [-0.2, 0) is 0 Å². The lowest BCUT2D eigenvalue weighted by Gasteiger charge is -2.09. The first-order chi connectivity index (χ1) is 10.1. The van der Waals surface area contributed by atoms with Gasteiger partial charge >= 0.3 is 0 Å². The van der Waals surface area contributed by atoms with Crippen LogP contribution in [0, 0.1) is 6.92 Å². The summed E-state index contributed by atoms with van der Waals surface area (Å²) in [4.78, 5) is 0. The van der Waals surface area contributed by atoms with Crippen molar-refractivity contribution in [2.24, 2.45) is 0 Å². The topological polar surface area (TPSA) is 69.6 Å². The second-order valence-corrected chi connectivity index (χ2v) is 5.44. The van der Waals surface area contributed by atoms with E-state index in [1.54, 1.807) is 22.9 Å². The second-order valence-electron chi connectivity index (χ2n) is 4.60. The summed E-state index contributed by atoms with van der Waals surface area (Å²) in [6, 6.07) is 10.8.